The molecular formula is FeO8P2Zn2. The van der Waals surface area contributed by atoms with Gasteiger partial charge in [0.05, 0.1) is 0 Å². The molecule has 0 saturated heterocycles. The zero-order valence-electron chi connectivity index (χ0n) is 5.93. The molecule has 0 radical (unpaired) electrons. The molecule has 0 bridgehead atoms. The molecule has 0 rings (SSSR count). The molecule has 0 amide bonds. The van der Waals surface area contributed by atoms with Crippen LogP contribution in [0, 0.1) is 0 Å². The molecule has 0 aromatic rings. The van der Waals surface area contributed by atoms with Gasteiger partial charge in [-0.3, -0.25) is 0 Å². The van der Waals surface area contributed by atoms with Crippen LogP contribution in [-0.2, 0) is 65.2 Å². The largest absolute Gasteiger partial charge is 2.00 e. The second kappa shape index (κ2) is 12.1. The summed E-state index contributed by atoms with van der Waals surface area (Å²) >= 11 is 0. The van der Waals surface area contributed by atoms with E-state index in [2.05, 4.69) is 0 Å². The maximum atomic E-state index is 8.55. The molecule has 13 heteroatoms. The molecule has 0 aromatic heterocycles. The van der Waals surface area contributed by atoms with Crippen LogP contribution >= 0.6 is 15.6 Å². The van der Waals surface area contributed by atoms with E-state index >= 15 is 0 Å². The Hall–Kier alpha value is 1.99. The van der Waals surface area contributed by atoms with Crippen molar-refractivity contribution in [2.45, 2.75) is 0 Å². The van der Waals surface area contributed by atoms with Crippen molar-refractivity contribution in [2.75, 3.05) is 0 Å². The smallest absolute Gasteiger partial charge is 0.822 e. The van der Waals surface area contributed by atoms with Crippen molar-refractivity contribution < 1.29 is 94.5 Å². The van der Waals surface area contributed by atoms with Gasteiger partial charge in [-0.2, -0.15) is 15.6 Å². The van der Waals surface area contributed by atoms with Gasteiger partial charge in [0.25, 0.3) is 0 Å². The minimum atomic E-state index is -5.39. The molecule has 0 atom stereocenters. The first-order chi connectivity index (χ1) is 4.00. The first kappa shape index (κ1) is 29.4. The molecule has 0 aromatic carbocycles. The Bertz CT molecular complexity index is 132. The number of rotatable bonds is 0. The van der Waals surface area contributed by atoms with E-state index in [1.54, 1.807) is 0 Å². The first-order valence-electron chi connectivity index (χ1n) is 1.46. The maximum absolute atomic E-state index is 8.55. The van der Waals surface area contributed by atoms with Crippen molar-refractivity contribution in [1.82, 2.24) is 0 Å². The molecule has 8 nitrogen and oxygen atoms in total. The van der Waals surface area contributed by atoms with E-state index in [0.717, 1.165) is 0 Å². The summed E-state index contributed by atoms with van der Waals surface area (Å²) in [4.78, 5) is 51.3. The van der Waals surface area contributed by atoms with E-state index in [4.69, 9.17) is 38.5 Å². The first-order valence-corrected chi connectivity index (χ1v) is 4.38. The van der Waals surface area contributed by atoms with Crippen LogP contribution in [0.4, 0.5) is 0 Å². The predicted octanol–water partition coefficient (Wildman–Crippen LogP) is -5.66. The second-order valence-corrected chi connectivity index (χ2v) is 2.68. The van der Waals surface area contributed by atoms with Crippen LogP contribution < -0.4 is 29.4 Å². The fourth-order valence-corrected chi connectivity index (χ4v) is 0. The van der Waals surface area contributed by atoms with E-state index in [1.165, 1.54) is 0 Å². The summed E-state index contributed by atoms with van der Waals surface area (Å²) in [6, 6.07) is 0. The normalized spacial score (nSPS) is 9.08. The average molecular weight is 377 g/mol. The van der Waals surface area contributed by atoms with Gasteiger partial charge in [-0.25, -0.2) is 0 Å². The van der Waals surface area contributed by atoms with Crippen molar-refractivity contribution >= 4 is 15.6 Å². The standard InChI is InChI=1S/Fe.2H3O4P.2Zn/c;2*1-5(2,3)4;;/h;2*(H3,1,2,3,4);;/q+2;;;2*+2/p-6. The molecule has 0 aliphatic carbocycles. The van der Waals surface area contributed by atoms with Gasteiger partial charge in [-0.05, 0) is 0 Å². The predicted molar refractivity (Wildman–Crippen MR) is 15.2 cm³/mol. The van der Waals surface area contributed by atoms with Gasteiger partial charge in [0.15, 0.2) is 0 Å². The monoisotopic (exact) mass is 374 g/mol. The molecule has 0 heterocycles. The fraction of sp³-hybridized carbons (Fsp3) is 0. The van der Waals surface area contributed by atoms with Crippen LogP contribution in [0.3, 0.4) is 0 Å². The van der Waals surface area contributed by atoms with Gasteiger partial charge in [0.2, 0.25) is 0 Å². The molecule has 0 spiro atoms. The summed E-state index contributed by atoms with van der Waals surface area (Å²) in [5, 5.41) is 0. The maximum Gasteiger partial charge on any atom is 2.00 e. The second-order valence-electron chi connectivity index (χ2n) is 0.894. The van der Waals surface area contributed by atoms with E-state index in [1.807, 2.05) is 0 Å². The molecule has 0 N–H and O–H groups in total. The molecule has 0 aliphatic heterocycles. The molecular weight excluding hydrogens is 377 g/mol. The Labute approximate surface area is 110 Å². The summed E-state index contributed by atoms with van der Waals surface area (Å²) < 4.78 is 17.1. The van der Waals surface area contributed by atoms with Crippen LogP contribution in [0.5, 0.6) is 0 Å². The van der Waals surface area contributed by atoms with E-state index in [9.17, 15) is 0 Å². The van der Waals surface area contributed by atoms with Crippen LogP contribution in [0.25, 0.3) is 0 Å². The third kappa shape index (κ3) is 509. The molecule has 70 valence electrons. The Morgan fingerprint density at radius 1 is 0.615 bits per heavy atom. The number of hydrogen-bond acceptors (Lipinski definition) is 8. The van der Waals surface area contributed by atoms with Gasteiger partial charge < -0.3 is 38.5 Å². The Morgan fingerprint density at radius 2 is 0.615 bits per heavy atom. The van der Waals surface area contributed by atoms with Crippen molar-refractivity contribution in [3.8, 4) is 0 Å². The molecule has 0 fully saturated rings. The van der Waals surface area contributed by atoms with Crippen molar-refractivity contribution in [1.29, 1.82) is 0 Å². The van der Waals surface area contributed by atoms with Crippen LogP contribution in [0.2, 0.25) is 0 Å². The molecule has 0 unspecified atom stereocenters. The van der Waals surface area contributed by atoms with E-state index in [-0.39, 0.29) is 56.0 Å². The summed E-state index contributed by atoms with van der Waals surface area (Å²) in [7, 11) is -10.8. The molecule has 0 aliphatic rings. The Kier molecular flexibility index (Phi) is 27.3. The van der Waals surface area contributed by atoms with Crippen LogP contribution in [0.15, 0.2) is 0 Å². The minimum absolute atomic E-state index is 0. The van der Waals surface area contributed by atoms with Crippen LogP contribution in [0.1, 0.15) is 0 Å². The van der Waals surface area contributed by atoms with E-state index in [0.29, 0.717) is 0 Å². The van der Waals surface area contributed by atoms with Gasteiger partial charge >= 0.3 is 56.0 Å². The zero-order chi connectivity index (χ0) is 9.00. The summed E-state index contributed by atoms with van der Waals surface area (Å²) in [6.45, 7) is 0. The SMILES string of the molecule is O=P([O-])([O-])[O-].O=P([O-])([O-])[O-].[Fe+2].[Zn+2].[Zn+2]. The topological polar surface area (TPSA) is 172 Å². The number of phosphoric acid groups is 2. The van der Waals surface area contributed by atoms with Gasteiger partial charge in [-0.15, -0.1) is 0 Å². The third-order valence-electron chi connectivity index (χ3n) is 0. The number of hydrogen-bond donors (Lipinski definition) is 0. The summed E-state index contributed by atoms with van der Waals surface area (Å²) in [5.41, 5.74) is 0. The Morgan fingerprint density at radius 3 is 0.615 bits per heavy atom. The Balaban J connectivity index is -0.0000000267. The zero-order valence-corrected chi connectivity index (χ0v) is 14.8. The van der Waals surface area contributed by atoms with Gasteiger partial charge in [-0.1, -0.05) is 0 Å². The third-order valence-corrected chi connectivity index (χ3v) is 0. The fourth-order valence-electron chi connectivity index (χ4n) is 0. The summed E-state index contributed by atoms with van der Waals surface area (Å²) in [5.74, 6) is 0. The van der Waals surface area contributed by atoms with Crippen molar-refractivity contribution in [3.05, 3.63) is 0 Å². The van der Waals surface area contributed by atoms with Gasteiger partial charge in [0.1, 0.15) is 0 Å². The van der Waals surface area contributed by atoms with Gasteiger partial charge in [0, 0.05) is 0 Å². The van der Waals surface area contributed by atoms with Crippen molar-refractivity contribution in [2.24, 2.45) is 0 Å². The van der Waals surface area contributed by atoms with E-state index < -0.39 is 15.6 Å². The average Bonchev–Trinajstić information content (AvgIpc) is 1.12. The summed E-state index contributed by atoms with van der Waals surface area (Å²) in [6.07, 6.45) is 0. The molecule has 0 saturated carbocycles. The van der Waals surface area contributed by atoms with Crippen molar-refractivity contribution in [3.63, 3.8) is 0 Å². The quantitative estimate of drug-likeness (QED) is 0.297. The van der Waals surface area contributed by atoms with Crippen LogP contribution in [-0.4, -0.2) is 0 Å². The molecule has 13 heavy (non-hydrogen) atoms. The minimum Gasteiger partial charge on any atom is -0.822 e.